The number of rotatable bonds is 6. The van der Waals surface area contributed by atoms with Crippen LogP contribution < -0.4 is 4.90 Å². The smallest absolute Gasteiger partial charge is 0.279 e. The molecule has 1 saturated heterocycles. The minimum Gasteiger partial charge on any atom is -0.394 e. The van der Waals surface area contributed by atoms with Crippen molar-refractivity contribution in [2.75, 3.05) is 24.6 Å². The van der Waals surface area contributed by atoms with Crippen LogP contribution in [0.4, 0.5) is 14.6 Å². The highest BCUT2D eigenvalue weighted by molar-refractivity contribution is 5.97. The molecule has 0 radical (unpaired) electrons. The van der Waals surface area contributed by atoms with E-state index in [4.69, 9.17) is 10.1 Å². The van der Waals surface area contributed by atoms with E-state index < -0.39 is 12.1 Å². The van der Waals surface area contributed by atoms with Gasteiger partial charge in [0.1, 0.15) is 18.0 Å². The van der Waals surface area contributed by atoms with Crippen LogP contribution in [0.2, 0.25) is 0 Å². The number of aliphatic hydroxyl groups is 1. The van der Waals surface area contributed by atoms with Crippen molar-refractivity contribution in [3.8, 4) is 11.4 Å². The average molecular weight is 378 g/mol. The average Bonchev–Trinajstić information content (AvgIpc) is 3.14. The van der Waals surface area contributed by atoms with E-state index in [1.165, 1.54) is 18.6 Å². The van der Waals surface area contributed by atoms with E-state index in [1.54, 1.807) is 6.07 Å². The van der Waals surface area contributed by atoms with Gasteiger partial charge in [0.05, 0.1) is 42.1 Å². The zero-order valence-electron chi connectivity index (χ0n) is 14.6. The van der Waals surface area contributed by atoms with Crippen molar-refractivity contribution in [3.05, 3.63) is 30.5 Å². The number of aromatic amines is 1. The van der Waals surface area contributed by atoms with Crippen LogP contribution in [0.3, 0.4) is 0 Å². The maximum absolute atomic E-state index is 12.4. The van der Waals surface area contributed by atoms with Gasteiger partial charge in [-0.05, 0) is 19.1 Å². The van der Waals surface area contributed by atoms with Gasteiger partial charge in [-0.2, -0.15) is 0 Å². The minimum atomic E-state index is -2.82. The lowest BCUT2D eigenvalue weighted by atomic mass is 10.2. The molecule has 1 aliphatic heterocycles. The summed E-state index contributed by atoms with van der Waals surface area (Å²) >= 11 is 0. The van der Waals surface area contributed by atoms with Gasteiger partial charge in [0.15, 0.2) is 0 Å². The molecule has 27 heavy (non-hydrogen) atoms. The topological polar surface area (TPSA) is 111 Å². The van der Waals surface area contributed by atoms with Crippen molar-refractivity contribution in [1.82, 2.24) is 19.9 Å². The van der Waals surface area contributed by atoms with Crippen LogP contribution >= 0.6 is 0 Å². The molecule has 2 unspecified atom stereocenters. The molecule has 8 nitrogen and oxygen atoms in total. The molecular weight excluding hydrogens is 358 g/mol. The Hall–Kier alpha value is -2.72. The number of hydrogen-bond acceptors (Lipinski definition) is 7. The Balaban J connectivity index is 1.77. The second kappa shape index (κ2) is 8.31. The van der Waals surface area contributed by atoms with E-state index in [1.807, 2.05) is 11.8 Å². The van der Waals surface area contributed by atoms with E-state index in [2.05, 4.69) is 19.9 Å². The van der Waals surface area contributed by atoms with Gasteiger partial charge in [0.25, 0.3) is 6.43 Å². The predicted octanol–water partition coefficient (Wildman–Crippen LogP) is 1.75. The van der Waals surface area contributed by atoms with E-state index in [0.717, 1.165) is 6.08 Å². The summed E-state index contributed by atoms with van der Waals surface area (Å²) in [5.41, 5.74) is 0.412. The van der Waals surface area contributed by atoms with Crippen molar-refractivity contribution < 1.29 is 18.6 Å². The molecule has 2 atom stereocenters. The fourth-order valence-corrected chi connectivity index (χ4v) is 2.79. The van der Waals surface area contributed by atoms with E-state index in [-0.39, 0.29) is 18.8 Å². The normalized spacial score (nSPS) is 20.6. The molecular formula is C17H20F2N6O2. The zero-order chi connectivity index (χ0) is 19.4. The number of ether oxygens (including phenoxy) is 1. The lowest BCUT2D eigenvalue weighted by Gasteiger charge is -2.36. The summed E-state index contributed by atoms with van der Waals surface area (Å²) in [5, 5.41) is 16.5. The molecule has 2 aromatic heterocycles. The van der Waals surface area contributed by atoms with Gasteiger partial charge in [0.2, 0.25) is 0 Å². The van der Waals surface area contributed by atoms with Crippen LogP contribution in [0, 0.1) is 5.41 Å². The van der Waals surface area contributed by atoms with E-state index >= 15 is 0 Å². The Morgan fingerprint density at radius 3 is 3.00 bits per heavy atom. The second-order valence-corrected chi connectivity index (χ2v) is 6.19. The van der Waals surface area contributed by atoms with Crippen molar-refractivity contribution in [2.45, 2.75) is 25.6 Å². The summed E-state index contributed by atoms with van der Waals surface area (Å²) in [6.07, 6.45) is 2.15. The van der Waals surface area contributed by atoms with E-state index in [0.29, 0.717) is 36.1 Å². The first-order valence-corrected chi connectivity index (χ1v) is 8.39. The third kappa shape index (κ3) is 4.72. The SMILES string of the molecule is CC1CN(c2cc(-c3cnc(/C=C\C(=N)C(F)F)[nH]3)ncn2)CC(CO)O1. The summed E-state index contributed by atoms with van der Waals surface area (Å²) < 4.78 is 30.3. The largest absolute Gasteiger partial charge is 0.394 e. The summed E-state index contributed by atoms with van der Waals surface area (Å²) in [4.78, 5) is 17.6. The lowest BCUT2D eigenvalue weighted by molar-refractivity contribution is -0.0423. The molecule has 0 aromatic carbocycles. The van der Waals surface area contributed by atoms with E-state index in [9.17, 15) is 13.9 Å². The molecule has 0 aliphatic carbocycles. The fraction of sp³-hybridized carbons (Fsp3) is 0.412. The van der Waals surface area contributed by atoms with Gasteiger partial charge in [-0.15, -0.1) is 0 Å². The standard InChI is InChI=1S/C17H20F2N6O2/c1-10-6-25(7-11(8-26)27-10)16-4-13(22-9-23-16)14-5-21-15(24-14)3-2-12(20)17(18)19/h2-5,9-11,17,20,26H,6-8H2,1H3,(H,21,24)/b3-2-,20-12?. The van der Waals surface area contributed by atoms with Crippen LogP contribution in [0.1, 0.15) is 12.7 Å². The molecule has 1 fully saturated rings. The highest BCUT2D eigenvalue weighted by atomic mass is 19.3. The van der Waals surface area contributed by atoms with Crippen LogP contribution in [-0.2, 0) is 4.74 Å². The number of nitrogens with one attached hydrogen (secondary N) is 2. The number of anilines is 1. The van der Waals surface area contributed by atoms with Crippen LogP contribution in [-0.4, -0.2) is 69.1 Å². The number of hydrogen-bond donors (Lipinski definition) is 3. The number of nitrogens with zero attached hydrogens (tertiary/aromatic N) is 4. The molecule has 0 bridgehead atoms. The number of morpholine rings is 1. The Labute approximate surface area is 154 Å². The maximum Gasteiger partial charge on any atom is 0.279 e. The predicted molar refractivity (Wildman–Crippen MR) is 96.0 cm³/mol. The summed E-state index contributed by atoms with van der Waals surface area (Å²) in [6, 6.07) is 1.79. The van der Waals surface area contributed by atoms with Crippen molar-refractivity contribution in [1.29, 1.82) is 5.41 Å². The number of halogens is 2. The summed E-state index contributed by atoms with van der Waals surface area (Å²) in [6.45, 7) is 3.02. The highest BCUT2D eigenvalue weighted by Crippen LogP contribution is 2.22. The van der Waals surface area contributed by atoms with Gasteiger partial charge in [-0.3, -0.25) is 5.41 Å². The van der Waals surface area contributed by atoms with Gasteiger partial charge in [-0.25, -0.2) is 23.7 Å². The molecule has 144 valence electrons. The Morgan fingerprint density at radius 2 is 2.26 bits per heavy atom. The second-order valence-electron chi connectivity index (χ2n) is 6.19. The zero-order valence-corrected chi connectivity index (χ0v) is 14.6. The molecule has 2 aromatic rings. The molecule has 3 N–H and O–H groups in total. The number of aliphatic hydroxyl groups excluding tert-OH is 1. The number of aromatic nitrogens is 4. The molecule has 10 heteroatoms. The van der Waals surface area contributed by atoms with Gasteiger partial charge < -0.3 is 19.7 Å². The van der Waals surface area contributed by atoms with Crippen LogP contribution in [0.15, 0.2) is 24.7 Å². The highest BCUT2D eigenvalue weighted by Gasteiger charge is 2.26. The quantitative estimate of drug-likeness (QED) is 0.661. The number of imidazole rings is 1. The van der Waals surface area contributed by atoms with Gasteiger partial charge >= 0.3 is 0 Å². The molecule has 0 spiro atoms. The molecule has 1 aliphatic rings. The third-order valence-corrected chi connectivity index (χ3v) is 4.03. The Kier molecular flexibility index (Phi) is 5.87. The number of alkyl halides is 2. The van der Waals surface area contributed by atoms with Crippen molar-refractivity contribution >= 4 is 17.6 Å². The summed E-state index contributed by atoms with van der Waals surface area (Å²) in [5.74, 6) is 1.04. The van der Waals surface area contributed by atoms with Crippen molar-refractivity contribution in [3.63, 3.8) is 0 Å². The molecule has 0 amide bonds. The van der Waals surface area contributed by atoms with Crippen molar-refractivity contribution in [2.24, 2.45) is 0 Å². The van der Waals surface area contributed by atoms with Crippen LogP contribution in [0.5, 0.6) is 0 Å². The van der Waals surface area contributed by atoms with Gasteiger partial charge in [0, 0.05) is 19.2 Å². The Bertz CT molecular complexity index is 825. The maximum atomic E-state index is 12.4. The minimum absolute atomic E-state index is 0.0386. The van der Waals surface area contributed by atoms with Crippen LogP contribution in [0.25, 0.3) is 17.5 Å². The van der Waals surface area contributed by atoms with Gasteiger partial charge in [-0.1, -0.05) is 0 Å². The number of H-pyrrole nitrogens is 1. The lowest BCUT2D eigenvalue weighted by Crippen LogP contribution is -2.48. The molecule has 3 heterocycles. The molecule has 3 rings (SSSR count). The first-order chi connectivity index (χ1) is 13.0. The monoisotopic (exact) mass is 378 g/mol. The Morgan fingerprint density at radius 1 is 1.44 bits per heavy atom. The number of allylic oxidation sites excluding steroid dienone is 1. The summed E-state index contributed by atoms with van der Waals surface area (Å²) in [7, 11) is 0. The molecule has 0 saturated carbocycles. The first-order valence-electron chi connectivity index (χ1n) is 8.39. The fourth-order valence-electron chi connectivity index (χ4n) is 2.79. The third-order valence-electron chi connectivity index (χ3n) is 4.03. The first kappa shape index (κ1) is 19.1.